The van der Waals surface area contributed by atoms with Gasteiger partial charge < -0.3 is 5.73 Å². The monoisotopic (exact) mass is 335 g/mol. The quantitative estimate of drug-likeness (QED) is 0.550. The smallest absolute Gasteiger partial charge is 0.181 e. The summed E-state index contributed by atoms with van der Waals surface area (Å²) in [7, 11) is 0. The number of benzene rings is 1. The number of thiazole rings is 1. The number of rotatable bonds is 3. The summed E-state index contributed by atoms with van der Waals surface area (Å²) >= 11 is 9.52. The highest BCUT2D eigenvalue weighted by molar-refractivity contribution is 8.00. The van der Waals surface area contributed by atoms with Crippen molar-refractivity contribution < 1.29 is 0 Å². The molecule has 0 aliphatic heterocycles. The Morgan fingerprint density at radius 2 is 2.05 bits per heavy atom. The van der Waals surface area contributed by atoms with Crippen molar-refractivity contribution in [2.75, 3.05) is 5.73 Å². The summed E-state index contributed by atoms with van der Waals surface area (Å²) in [5.41, 5.74) is 9.85. The van der Waals surface area contributed by atoms with E-state index in [0.29, 0.717) is 10.3 Å². The Morgan fingerprint density at radius 3 is 2.76 bits per heavy atom. The first kappa shape index (κ1) is 14.6. The van der Waals surface area contributed by atoms with Gasteiger partial charge in [-0.05, 0) is 31.5 Å². The van der Waals surface area contributed by atoms with Crippen LogP contribution in [0.2, 0.25) is 5.15 Å². The molecule has 0 amide bonds. The summed E-state index contributed by atoms with van der Waals surface area (Å²) in [4.78, 5) is 8.72. The molecule has 0 saturated carbocycles. The first-order valence-electron chi connectivity index (χ1n) is 6.44. The van der Waals surface area contributed by atoms with Crippen LogP contribution in [-0.4, -0.2) is 9.97 Å². The molecule has 0 spiro atoms. The molecule has 2 N–H and O–H groups in total. The fourth-order valence-corrected chi connectivity index (χ4v) is 4.37. The zero-order valence-electron chi connectivity index (χ0n) is 11.7. The Balaban J connectivity index is 1.88. The van der Waals surface area contributed by atoms with E-state index < -0.39 is 0 Å². The van der Waals surface area contributed by atoms with E-state index in [4.69, 9.17) is 17.3 Å². The predicted molar refractivity (Wildman–Crippen MR) is 92.3 cm³/mol. The van der Waals surface area contributed by atoms with Crippen LogP contribution >= 0.6 is 34.7 Å². The third-order valence-corrected chi connectivity index (χ3v) is 5.85. The highest BCUT2D eigenvalue weighted by Gasteiger charge is 2.10. The number of pyridine rings is 1. The molecular formula is C15H14ClN3S2. The van der Waals surface area contributed by atoms with Gasteiger partial charge in [0.05, 0.1) is 15.4 Å². The lowest BCUT2D eigenvalue weighted by Gasteiger charge is -2.06. The number of thioether (sulfide) groups is 1. The second-order valence-corrected chi connectivity index (χ2v) is 7.48. The average molecular weight is 336 g/mol. The number of hydrogen-bond acceptors (Lipinski definition) is 5. The van der Waals surface area contributed by atoms with Crippen molar-refractivity contribution in [3.63, 3.8) is 0 Å². The Hall–Kier alpha value is -1.30. The van der Waals surface area contributed by atoms with Gasteiger partial charge in [0.15, 0.2) is 5.13 Å². The van der Waals surface area contributed by atoms with Gasteiger partial charge in [-0.25, -0.2) is 9.97 Å². The third kappa shape index (κ3) is 3.15. The Labute approximate surface area is 136 Å². The van der Waals surface area contributed by atoms with Crippen molar-refractivity contribution in [2.24, 2.45) is 0 Å². The van der Waals surface area contributed by atoms with Gasteiger partial charge >= 0.3 is 0 Å². The van der Waals surface area contributed by atoms with Gasteiger partial charge in [0.1, 0.15) is 5.15 Å². The molecule has 0 aliphatic carbocycles. The van der Waals surface area contributed by atoms with E-state index in [2.05, 4.69) is 35.1 Å². The predicted octanol–water partition coefficient (Wildman–Crippen LogP) is 4.84. The lowest BCUT2D eigenvalue weighted by Crippen LogP contribution is -1.89. The number of anilines is 1. The molecule has 1 aromatic carbocycles. The molecular weight excluding hydrogens is 322 g/mol. The maximum atomic E-state index is 6.31. The molecule has 0 fully saturated rings. The molecule has 0 atom stereocenters. The molecule has 0 bridgehead atoms. The standard InChI is InChI=1S/C15H14ClN3S2/c1-8-3-4-10-6-11(13(16)19-12(10)5-8)7-20-14-9(2)18-15(17)21-14/h3-6H,7H2,1-2H3,(H2,17,18). The van der Waals surface area contributed by atoms with E-state index in [1.165, 1.54) is 16.9 Å². The summed E-state index contributed by atoms with van der Waals surface area (Å²) in [6.07, 6.45) is 0. The molecule has 21 heavy (non-hydrogen) atoms. The van der Waals surface area contributed by atoms with Crippen LogP contribution in [0.1, 0.15) is 16.8 Å². The summed E-state index contributed by atoms with van der Waals surface area (Å²) in [5.74, 6) is 0.762. The summed E-state index contributed by atoms with van der Waals surface area (Å²) in [6, 6.07) is 8.32. The Bertz CT molecular complexity index is 814. The normalized spacial score (nSPS) is 11.2. The Morgan fingerprint density at radius 1 is 1.24 bits per heavy atom. The number of fused-ring (bicyclic) bond motifs is 1. The van der Waals surface area contributed by atoms with Gasteiger partial charge in [-0.1, -0.05) is 35.1 Å². The zero-order valence-corrected chi connectivity index (χ0v) is 14.1. The fraction of sp³-hybridized carbons (Fsp3) is 0.200. The van der Waals surface area contributed by atoms with Gasteiger partial charge in [0.25, 0.3) is 0 Å². The molecule has 0 saturated heterocycles. The molecule has 2 heterocycles. The van der Waals surface area contributed by atoms with Gasteiger partial charge in [0.2, 0.25) is 0 Å². The van der Waals surface area contributed by atoms with E-state index in [9.17, 15) is 0 Å². The number of aromatic nitrogens is 2. The molecule has 108 valence electrons. The highest BCUT2D eigenvalue weighted by atomic mass is 35.5. The molecule has 6 heteroatoms. The van der Waals surface area contributed by atoms with Crippen molar-refractivity contribution in [1.82, 2.24) is 9.97 Å². The first-order valence-corrected chi connectivity index (χ1v) is 8.62. The van der Waals surface area contributed by atoms with Crippen molar-refractivity contribution >= 4 is 50.7 Å². The second kappa shape index (κ2) is 5.83. The molecule has 3 aromatic rings. The zero-order chi connectivity index (χ0) is 15.0. The van der Waals surface area contributed by atoms with Crippen LogP contribution in [0.3, 0.4) is 0 Å². The highest BCUT2D eigenvalue weighted by Crippen LogP contribution is 2.34. The lowest BCUT2D eigenvalue weighted by molar-refractivity contribution is 1.21. The van der Waals surface area contributed by atoms with E-state index in [-0.39, 0.29) is 0 Å². The SMILES string of the molecule is Cc1ccc2cc(CSc3sc(N)nc3C)c(Cl)nc2c1. The Kier molecular flexibility index (Phi) is 4.06. The van der Waals surface area contributed by atoms with Gasteiger partial charge in [-0.15, -0.1) is 11.8 Å². The number of nitrogen functional groups attached to an aromatic ring is 1. The molecule has 0 aliphatic rings. The molecule has 2 aromatic heterocycles. The van der Waals surface area contributed by atoms with Crippen LogP contribution in [0.25, 0.3) is 10.9 Å². The lowest BCUT2D eigenvalue weighted by atomic mass is 10.1. The largest absolute Gasteiger partial charge is 0.375 e. The first-order chi connectivity index (χ1) is 10.0. The summed E-state index contributed by atoms with van der Waals surface area (Å²) < 4.78 is 1.13. The van der Waals surface area contributed by atoms with Gasteiger partial charge in [-0.3, -0.25) is 0 Å². The van der Waals surface area contributed by atoms with E-state index in [1.54, 1.807) is 11.8 Å². The molecule has 3 nitrogen and oxygen atoms in total. The maximum absolute atomic E-state index is 6.31. The number of nitrogens with two attached hydrogens (primary N) is 1. The van der Waals surface area contributed by atoms with Crippen LogP contribution in [-0.2, 0) is 5.75 Å². The van der Waals surface area contributed by atoms with Gasteiger partial charge in [-0.2, -0.15) is 0 Å². The summed E-state index contributed by atoms with van der Waals surface area (Å²) in [5, 5.41) is 2.28. The van der Waals surface area contributed by atoms with Crippen molar-refractivity contribution in [2.45, 2.75) is 23.8 Å². The van der Waals surface area contributed by atoms with Crippen LogP contribution < -0.4 is 5.73 Å². The maximum Gasteiger partial charge on any atom is 0.181 e. The minimum absolute atomic E-state index is 0.566. The molecule has 0 radical (unpaired) electrons. The summed E-state index contributed by atoms with van der Waals surface area (Å²) in [6.45, 7) is 4.02. The van der Waals surface area contributed by atoms with E-state index in [0.717, 1.165) is 32.1 Å². The van der Waals surface area contributed by atoms with E-state index in [1.807, 2.05) is 13.0 Å². The number of nitrogens with zero attached hydrogens (tertiary/aromatic N) is 2. The van der Waals surface area contributed by atoms with Crippen molar-refractivity contribution in [3.05, 3.63) is 46.2 Å². The van der Waals surface area contributed by atoms with Gasteiger partial charge in [0, 0.05) is 16.7 Å². The van der Waals surface area contributed by atoms with Crippen molar-refractivity contribution in [3.8, 4) is 0 Å². The fourth-order valence-electron chi connectivity index (χ4n) is 2.08. The average Bonchev–Trinajstić information content (AvgIpc) is 2.74. The van der Waals surface area contributed by atoms with Crippen LogP contribution in [0, 0.1) is 13.8 Å². The second-order valence-electron chi connectivity index (χ2n) is 4.85. The molecule has 0 unspecified atom stereocenters. The van der Waals surface area contributed by atoms with Crippen LogP contribution in [0.15, 0.2) is 28.5 Å². The van der Waals surface area contributed by atoms with Crippen LogP contribution in [0.5, 0.6) is 0 Å². The minimum Gasteiger partial charge on any atom is -0.375 e. The number of aryl methyl sites for hydroxylation is 2. The van der Waals surface area contributed by atoms with Crippen LogP contribution in [0.4, 0.5) is 5.13 Å². The minimum atomic E-state index is 0.566. The van der Waals surface area contributed by atoms with Crippen molar-refractivity contribution in [1.29, 1.82) is 0 Å². The third-order valence-electron chi connectivity index (χ3n) is 3.13. The topological polar surface area (TPSA) is 51.8 Å². The number of halogens is 1. The number of hydrogen-bond donors (Lipinski definition) is 1. The molecule has 3 rings (SSSR count). The van der Waals surface area contributed by atoms with E-state index >= 15 is 0 Å².